The predicted molar refractivity (Wildman–Crippen MR) is 308 cm³/mol. The summed E-state index contributed by atoms with van der Waals surface area (Å²) in [4.78, 5) is 129. The quantitative estimate of drug-likeness (QED) is 0.0863. The molecule has 0 saturated carbocycles. The van der Waals surface area contributed by atoms with Gasteiger partial charge in [0.25, 0.3) is 34.7 Å². The molecule has 24 N–H and O–H groups in total. The average molecular weight is 1400 g/mol. The van der Waals surface area contributed by atoms with Crippen molar-refractivity contribution in [3.05, 3.63) is 0 Å². The Labute approximate surface area is 545 Å². The van der Waals surface area contributed by atoms with Crippen LogP contribution in [0.15, 0.2) is 0 Å². The van der Waals surface area contributed by atoms with Gasteiger partial charge in [-0.15, -0.1) is 0 Å². The number of aliphatic hydroxyl groups excluding tert-OH is 6. The lowest BCUT2D eigenvalue weighted by molar-refractivity contribution is -0.273. The Hall–Kier alpha value is -7.08. The van der Waals surface area contributed by atoms with E-state index in [-0.39, 0.29) is 35.4 Å². The standard InChI is InChI=1S/6C9H15NO6/c6*1-4-7(10-5(2)11)6(12)3-9(15,16-4)8(13)14/h6*4,6-7,12,15H,3H2,1-2H3,(H,10,11)(H,13,14). The van der Waals surface area contributed by atoms with Crippen molar-refractivity contribution < 1.29 is 178 Å². The zero-order chi connectivity index (χ0) is 75.0. The molecule has 6 rings (SSSR count). The predicted octanol–water partition coefficient (Wildman–Crippen LogP) is -9.40. The molecule has 6 amide bonds. The summed E-state index contributed by atoms with van der Waals surface area (Å²) in [6, 6.07) is -4.35. The van der Waals surface area contributed by atoms with E-state index in [2.05, 4.69) is 31.9 Å². The molecule has 6 heterocycles. The number of aliphatic carboxylic acids is 6. The number of hydrogen-bond acceptors (Lipinski definition) is 30. The molecular formula is C54H90N6O36. The molecule has 0 radical (unpaired) electrons. The number of ether oxygens (including phenoxy) is 6. The highest BCUT2D eigenvalue weighted by molar-refractivity contribution is 5.80. The number of hydrogen-bond donors (Lipinski definition) is 24. The second-order valence-electron chi connectivity index (χ2n) is 23.5. The summed E-state index contributed by atoms with van der Waals surface area (Å²) in [6.07, 6.45) is -14.8. The summed E-state index contributed by atoms with van der Waals surface area (Å²) in [5.41, 5.74) is 0. The van der Waals surface area contributed by atoms with Gasteiger partial charge in [0, 0.05) is 80.1 Å². The van der Waals surface area contributed by atoms with Crippen LogP contribution in [0.4, 0.5) is 0 Å². The Balaban J connectivity index is 0.000000576. The van der Waals surface area contributed by atoms with E-state index in [4.69, 9.17) is 59.1 Å². The van der Waals surface area contributed by atoms with Crippen molar-refractivity contribution in [2.75, 3.05) is 0 Å². The number of carboxylic acid groups (broad SMARTS) is 6. The van der Waals surface area contributed by atoms with Crippen molar-refractivity contribution in [3.63, 3.8) is 0 Å². The van der Waals surface area contributed by atoms with Gasteiger partial charge in [0.2, 0.25) is 35.4 Å². The maximum absolute atomic E-state index is 10.8. The van der Waals surface area contributed by atoms with Crippen LogP contribution in [0.3, 0.4) is 0 Å². The summed E-state index contributed by atoms with van der Waals surface area (Å²) in [6.45, 7) is 16.5. The maximum atomic E-state index is 10.8. The molecule has 96 heavy (non-hydrogen) atoms. The first kappa shape index (κ1) is 86.9. The first-order valence-electron chi connectivity index (χ1n) is 29.1. The molecule has 42 heteroatoms. The van der Waals surface area contributed by atoms with Crippen molar-refractivity contribution in [2.45, 2.75) is 266 Å². The zero-order valence-electron chi connectivity index (χ0n) is 54.0. The number of amides is 6. The number of rotatable bonds is 12. The SMILES string of the molecule is CC(=O)NC1C(O)CC(O)(C(=O)O)OC1C.CC(=O)NC1C(O)CC(O)(C(=O)O)OC1C.CC(=O)NC1C(O)CC(O)(C(=O)O)OC1C.CC(=O)NC1C(O)CC(O)(C(=O)O)OC1C.CC(=O)NC1C(O)CC(O)(C(=O)O)OC1C.CC(=O)NC1C(O)CC(O)(C(=O)O)OC1C. The van der Waals surface area contributed by atoms with E-state index in [1.54, 1.807) is 0 Å². The Kier molecular flexibility index (Phi) is 32.1. The normalized spacial score (nSPS) is 39.1. The fourth-order valence-corrected chi connectivity index (χ4v) is 10.4. The number of nitrogens with one attached hydrogen (secondary N) is 6. The van der Waals surface area contributed by atoms with Crippen molar-refractivity contribution in [2.24, 2.45) is 0 Å². The molecule has 0 aliphatic carbocycles. The van der Waals surface area contributed by atoms with Crippen molar-refractivity contribution in [3.8, 4) is 0 Å². The van der Waals surface area contributed by atoms with Crippen LogP contribution in [0.25, 0.3) is 0 Å². The van der Waals surface area contributed by atoms with Crippen LogP contribution < -0.4 is 31.9 Å². The van der Waals surface area contributed by atoms with Gasteiger partial charge in [0.15, 0.2) is 0 Å². The van der Waals surface area contributed by atoms with E-state index in [1.807, 2.05) is 0 Å². The first-order chi connectivity index (χ1) is 43.6. The van der Waals surface area contributed by atoms with Crippen LogP contribution in [0.2, 0.25) is 0 Å². The van der Waals surface area contributed by atoms with Crippen LogP contribution in [-0.4, -0.2) is 307 Å². The Morgan fingerprint density at radius 3 is 0.406 bits per heavy atom. The summed E-state index contributed by atoms with van der Waals surface area (Å²) >= 11 is 0. The second-order valence-corrected chi connectivity index (χ2v) is 23.5. The fourth-order valence-electron chi connectivity index (χ4n) is 10.4. The Morgan fingerprint density at radius 2 is 0.344 bits per heavy atom. The molecule has 6 aliphatic heterocycles. The van der Waals surface area contributed by atoms with E-state index in [9.17, 15) is 119 Å². The summed E-state index contributed by atoms with van der Waals surface area (Å²) in [5.74, 6) is -25.9. The Bertz CT molecular complexity index is 2220. The molecule has 24 atom stereocenters. The lowest BCUT2D eigenvalue weighted by Gasteiger charge is -2.40. The van der Waals surface area contributed by atoms with Crippen LogP contribution in [-0.2, 0) is 86.0 Å². The third-order valence-corrected chi connectivity index (χ3v) is 14.9. The molecule has 6 fully saturated rings. The molecule has 552 valence electrons. The van der Waals surface area contributed by atoms with E-state index >= 15 is 0 Å². The van der Waals surface area contributed by atoms with Gasteiger partial charge in [0.1, 0.15) is 0 Å². The van der Waals surface area contributed by atoms with Crippen molar-refractivity contribution in [1.29, 1.82) is 0 Å². The monoisotopic (exact) mass is 1400 g/mol. The summed E-state index contributed by atoms with van der Waals surface area (Å²) < 4.78 is 29.4. The minimum Gasteiger partial charge on any atom is -0.477 e. The van der Waals surface area contributed by atoms with Gasteiger partial charge < -0.3 is 152 Å². The first-order valence-corrected chi connectivity index (χ1v) is 29.1. The number of carboxylic acids is 6. The molecule has 0 aromatic carbocycles. The Morgan fingerprint density at radius 1 is 0.250 bits per heavy atom. The smallest absolute Gasteiger partial charge is 0.364 e. The number of carbonyl (C=O) groups is 12. The topological polar surface area (TPSA) is 697 Å². The van der Waals surface area contributed by atoms with Gasteiger partial charge in [-0.25, -0.2) is 28.8 Å². The van der Waals surface area contributed by atoms with Crippen molar-refractivity contribution >= 4 is 71.3 Å². The van der Waals surface area contributed by atoms with Crippen LogP contribution in [0.1, 0.15) is 122 Å². The highest BCUT2D eigenvalue weighted by Gasteiger charge is 2.55. The molecule has 6 saturated heterocycles. The van der Waals surface area contributed by atoms with E-state index in [0.29, 0.717) is 0 Å². The lowest BCUT2D eigenvalue weighted by Crippen LogP contribution is -2.62. The number of aliphatic hydroxyl groups is 12. The fraction of sp³-hybridized carbons (Fsp3) is 0.778. The molecular weight excluding hydrogens is 1310 g/mol. The summed E-state index contributed by atoms with van der Waals surface area (Å²) in [7, 11) is 0. The maximum Gasteiger partial charge on any atom is 0.364 e. The highest BCUT2D eigenvalue weighted by Crippen LogP contribution is 2.33. The molecule has 6 aliphatic rings. The van der Waals surface area contributed by atoms with Gasteiger partial charge >= 0.3 is 35.8 Å². The molecule has 0 aromatic rings. The average Bonchev–Trinajstić information content (AvgIpc) is 3.41. The second kappa shape index (κ2) is 35.4. The van der Waals surface area contributed by atoms with Gasteiger partial charge in [-0.1, -0.05) is 0 Å². The zero-order valence-corrected chi connectivity index (χ0v) is 54.0. The van der Waals surface area contributed by atoms with E-state index in [0.717, 1.165) is 0 Å². The lowest BCUT2D eigenvalue weighted by atomic mass is 9.94. The van der Waals surface area contributed by atoms with Gasteiger partial charge in [0.05, 0.1) is 109 Å². The molecule has 24 unspecified atom stereocenters. The van der Waals surface area contributed by atoms with E-state index < -0.39 is 219 Å². The molecule has 0 spiro atoms. The van der Waals surface area contributed by atoms with Gasteiger partial charge in [-0.05, 0) is 41.5 Å². The van der Waals surface area contributed by atoms with Crippen LogP contribution in [0.5, 0.6) is 0 Å². The highest BCUT2D eigenvalue weighted by atomic mass is 16.7. The van der Waals surface area contributed by atoms with Gasteiger partial charge in [-0.3, -0.25) is 28.8 Å². The third kappa shape index (κ3) is 24.8. The van der Waals surface area contributed by atoms with Crippen LogP contribution in [0, 0.1) is 0 Å². The minimum atomic E-state index is -2.40. The largest absolute Gasteiger partial charge is 0.477 e. The van der Waals surface area contributed by atoms with E-state index in [1.165, 1.54) is 83.1 Å². The minimum absolute atomic E-state index is 0.361. The van der Waals surface area contributed by atoms with Crippen LogP contribution >= 0.6 is 0 Å². The molecule has 0 aromatic heterocycles. The van der Waals surface area contributed by atoms with Gasteiger partial charge in [-0.2, -0.15) is 0 Å². The third-order valence-electron chi connectivity index (χ3n) is 14.9. The molecule has 0 bridgehead atoms. The number of carbonyl (C=O) groups excluding carboxylic acids is 6. The summed E-state index contributed by atoms with van der Waals surface area (Å²) in [5, 5.41) is 182. The van der Waals surface area contributed by atoms with Crippen molar-refractivity contribution in [1.82, 2.24) is 31.9 Å². The molecule has 42 nitrogen and oxygen atoms in total.